The van der Waals surface area contributed by atoms with Crippen LogP contribution in [0.25, 0.3) is 11.3 Å². The van der Waals surface area contributed by atoms with Gasteiger partial charge in [0.1, 0.15) is 11.9 Å². The number of anilines is 4. The van der Waals surface area contributed by atoms with Gasteiger partial charge < -0.3 is 25.8 Å². The van der Waals surface area contributed by atoms with Crippen LogP contribution in [0.1, 0.15) is 18.4 Å². The van der Waals surface area contributed by atoms with Crippen LogP contribution < -0.4 is 20.9 Å². The normalized spacial score (nSPS) is 18.0. The van der Waals surface area contributed by atoms with Crippen LogP contribution in [-0.2, 0) is 4.79 Å². The third-order valence-corrected chi connectivity index (χ3v) is 6.56. The second kappa shape index (κ2) is 10.7. The quantitative estimate of drug-likeness (QED) is 0.485. The molecule has 0 radical (unpaired) electrons. The second-order valence-corrected chi connectivity index (χ2v) is 9.10. The van der Waals surface area contributed by atoms with Gasteiger partial charge in [-0.15, -0.1) is 0 Å². The largest absolute Gasteiger partial charge is 0.354 e. The fraction of sp³-hybridized carbons (Fsp3) is 0.346. The van der Waals surface area contributed by atoms with Crippen LogP contribution in [0.15, 0.2) is 48.8 Å². The van der Waals surface area contributed by atoms with Crippen molar-refractivity contribution in [2.75, 3.05) is 55.3 Å². The maximum atomic E-state index is 12.5. The number of piperazine rings is 1. The summed E-state index contributed by atoms with van der Waals surface area (Å²) >= 11 is 0. The number of pyridine rings is 1. The Hall–Kier alpha value is -4.07. The first-order chi connectivity index (χ1) is 17.6. The molecule has 2 aliphatic heterocycles. The molecule has 0 bridgehead atoms. The van der Waals surface area contributed by atoms with Crippen LogP contribution >= 0.6 is 0 Å². The van der Waals surface area contributed by atoms with Gasteiger partial charge in [-0.25, -0.2) is 15.0 Å². The average Bonchev–Trinajstić information content (AvgIpc) is 3.46. The molecule has 3 N–H and O–H groups in total. The minimum absolute atomic E-state index is 0.113. The van der Waals surface area contributed by atoms with Gasteiger partial charge in [0.15, 0.2) is 0 Å². The van der Waals surface area contributed by atoms with Crippen molar-refractivity contribution in [1.82, 2.24) is 25.2 Å². The minimum Gasteiger partial charge on any atom is -0.354 e. The SMILES string of the molecule is CN1CCN(c2ccc(Nc3nccc(-c4ccc(NC(=O)[C@H]5CCCN5)c(C#N)c4)n3)cn2)CC1. The van der Waals surface area contributed by atoms with E-state index in [0.717, 1.165) is 62.6 Å². The van der Waals surface area contributed by atoms with E-state index < -0.39 is 0 Å². The Labute approximate surface area is 210 Å². The van der Waals surface area contributed by atoms with Gasteiger partial charge in [-0.2, -0.15) is 5.26 Å². The monoisotopic (exact) mass is 483 g/mol. The van der Waals surface area contributed by atoms with E-state index in [9.17, 15) is 10.1 Å². The Balaban J connectivity index is 1.27. The van der Waals surface area contributed by atoms with Gasteiger partial charge in [0.2, 0.25) is 11.9 Å². The van der Waals surface area contributed by atoms with Crippen LogP contribution in [0.4, 0.5) is 23.1 Å². The summed E-state index contributed by atoms with van der Waals surface area (Å²) in [6.07, 6.45) is 5.23. The Morgan fingerprint density at radius 2 is 2.00 bits per heavy atom. The number of carbonyl (C=O) groups is 1. The Morgan fingerprint density at radius 3 is 2.72 bits per heavy atom. The molecule has 1 atom stereocenters. The third-order valence-electron chi connectivity index (χ3n) is 6.56. The Morgan fingerprint density at radius 1 is 1.14 bits per heavy atom. The standard InChI is InChI=1S/C26H29N9O/c1-34-11-13-35(14-12-34)24-7-5-20(17-30-24)31-26-29-10-8-22(33-26)18-4-6-21(19(15-18)16-27)32-25(36)23-3-2-9-28-23/h4-8,10,15,17,23,28H,2-3,9,11-14H2,1H3,(H,32,36)(H,29,31,33)/t23-/m1/s1. The molecular weight excluding hydrogens is 454 g/mol. The highest BCUT2D eigenvalue weighted by atomic mass is 16.2. The highest BCUT2D eigenvalue weighted by Gasteiger charge is 2.23. The van der Waals surface area contributed by atoms with Crippen LogP contribution in [0.2, 0.25) is 0 Å². The third kappa shape index (κ3) is 5.43. The van der Waals surface area contributed by atoms with Gasteiger partial charge in [-0.1, -0.05) is 6.07 Å². The molecule has 0 saturated carbocycles. The van der Waals surface area contributed by atoms with Crippen LogP contribution in [0.3, 0.4) is 0 Å². The van der Waals surface area contributed by atoms with Crippen molar-refractivity contribution in [3.05, 3.63) is 54.4 Å². The highest BCUT2D eigenvalue weighted by molar-refractivity contribution is 5.96. The lowest BCUT2D eigenvalue weighted by atomic mass is 10.1. The van der Waals surface area contributed by atoms with Gasteiger partial charge in [0, 0.05) is 37.9 Å². The topological polar surface area (TPSA) is 122 Å². The van der Waals surface area contributed by atoms with Crippen LogP contribution in [0.5, 0.6) is 0 Å². The van der Waals surface area contributed by atoms with Crippen molar-refractivity contribution in [3.8, 4) is 17.3 Å². The van der Waals surface area contributed by atoms with Gasteiger partial charge in [-0.3, -0.25) is 4.79 Å². The predicted octanol–water partition coefficient (Wildman–Crippen LogP) is 2.60. The van der Waals surface area contributed by atoms with E-state index in [0.29, 0.717) is 22.9 Å². The molecule has 0 spiro atoms. The average molecular weight is 484 g/mol. The zero-order chi connectivity index (χ0) is 24.9. The number of rotatable bonds is 6. The van der Waals surface area contributed by atoms with E-state index in [-0.39, 0.29) is 11.9 Å². The molecule has 2 aliphatic rings. The number of likely N-dealkylation sites (N-methyl/N-ethyl adjacent to an activating group) is 1. The van der Waals surface area contributed by atoms with E-state index >= 15 is 0 Å². The second-order valence-electron chi connectivity index (χ2n) is 9.10. The molecule has 4 heterocycles. The van der Waals surface area contributed by atoms with Crippen LogP contribution in [0, 0.1) is 11.3 Å². The first kappa shape index (κ1) is 23.7. The number of nitrogens with zero attached hydrogens (tertiary/aromatic N) is 6. The minimum atomic E-state index is -0.211. The van der Waals surface area contributed by atoms with Gasteiger partial charge in [0.25, 0.3) is 0 Å². The first-order valence-corrected chi connectivity index (χ1v) is 12.2. The first-order valence-electron chi connectivity index (χ1n) is 12.2. The van der Waals surface area contributed by atoms with E-state index in [1.807, 2.05) is 18.2 Å². The number of hydrogen-bond acceptors (Lipinski definition) is 9. The molecule has 36 heavy (non-hydrogen) atoms. The smallest absolute Gasteiger partial charge is 0.241 e. The summed E-state index contributed by atoms with van der Waals surface area (Å²) in [6, 6.07) is 13.1. The molecule has 2 saturated heterocycles. The van der Waals surface area contributed by atoms with Crippen molar-refractivity contribution < 1.29 is 4.79 Å². The predicted molar refractivity (Wildman–Crippen MR) is 139 cm³/mol. The molecule has 10 heteroatoms. The summed E-state index contributed by atoms with van der Waals surface area (Å²) in [5, 5.41) is 18.9. The van der Waals surface area contributed by atoms with E-state index in [1.54, 1.807) is 30.6 Å². The molecule has 10 nitrogen and oxygen atoms in total. The molecule has 2 aromatic heterocycles. The number of nitrogens with one attached hydrogen (secondary N) is 3. The summed E-state index contributed by atoms with van der Waals surface area (Å²) in [6.45, 7) is 4.82. The molecule has 1 amide bonds. The van der Waals surface area contributed by atoms with Crippen molar-refractivity contribution in [3.63, 3.8) is 0 Å². The fourth-order valence-corrected chi connectivity index (χ4v) is 4.42. The van der Waals surface area contributed by atoms with Gasteiger partial charge in [-0.05, 0) is 56.8 Å². The summed E-state index contributed by atoms with van der Waals surface area (Å²) in [4.78, 5) is 30.6. The molecule has 0 unspecified atom stereocenters. The van der Waals surface area contributed by atoms with Gasteiger partial charge in [0.05, 0.1) is 34.9 Å². The summed E-state index contributed by atoms with van der Waals surface area (Å²) < 4.78 is 0. The number of aromatic nitrogens is 3. The summed E-state index contributed by atoms with van der Waals surface area (Å²) in [7, 11) is 2.13. The number of amides is 1. The molecule has 1 aromatic carbocycles. The fourth-order valence-electron chi connectivity index (χ4n) is 4.42. The molecule has 3 aromatic rings. The molecule has 5 rings (SSSR count). The lowest BCUT2D eigenvalue weighted by Crippen LogP contribution is -2.44. The summed E-state index contributed by atoms with van der Waals surface area (Å²) in [5.41, 5.74) is 3.11. The van der Waals surface area contributed by atoms with E-state index in [2.05, 4.69) is 53.8 Å². The molecule has 0 aliphatic carbocycles. The van der Waals surface area contributed by atoms with E-state index in [1.165, 1.54) is 0 Å². The maximum absolute atomic E-state index is 12.5. The van der Waals surface area contributed by atoms with Crippen molar-refractivity contribution in [1.29, 1.82) is 5.26 Å². The lowest BCUT2D eigenvalue weighted by Gasteiger charge is -2.33. The number of carbonyl (C=O) groups excluding carboxylic acids is 1. The Bertz CT molecular complexity index is 1260. The highest BCUT2D eigenvalue weighted by Crippen LogP contribution is 2.25. The number of benzene rings is 1. The number of hydrogen-bond donors (Lipinski definition) is 3. The molecule has 184 valence electrons. The zero-order valence-electron chi connectivity index (χ0n) is 20.2. The Kier molecular flexibility index (Phi) is 7.02. The van der Waals surface area contributed by atoms with Crippen molar-refractivity contribution >= 4 is 29.0 Å². The van der Waals surface area contributed by atoms with Gasteiger partial charge >= 0.3 is 0 Å². The zero-order valence-corrected chi connectivity index (χ0v) is 20.2. The lowest BCUT2D eigenvalue weighted by molar-refractivity contribution is -0.117. The van der Waals surface area contributed by atoms with E-state index in [4.69, 9.17) is 0 Å². The maximum Gasteiger partial charge on any atom is 0.241 e. The summed E-state index contributed by atoms with van der Waals surface area (Å²) in [5.74, 6) is 1.28. The molecular formula is C26H29N9O. The van der Waals surface area contributed by atoms with Crippen molar-refractivity contribution in [2.24, 2.45) is 0 Å². The molecule has 2 fully saturated rings. The van der Waals surface area contributed by atoms with Crippen molar-refractivity contribution in [2.45, 2.75) is 18.9 Å². The number of nitriles is 1. The van der Waals surface area contributed by atoms with Crippen LogP contribution in [-0.4, -0.2) is 71.6 Å².